The monoisotopic (exact) mass is 244 g/mol. The van der Waals surface area contributed by atoms with Gasteiger partial charge in [-0.3, -0.25) is 9.59 Å². The molecule has 3 aliphatic carbocycles. The fraction of sp³-hybridized carbons (Fsp3) is 0.625. The maximum absolute atomic E-state index is 12.6. The molecule has 2 heteroatoms. The molecular weight excluding hydrogens is 224 g/mol. The summed E-state index contributed by atoms with van der Waals surface area (Å²) in [6.07, 6.45) is 7.48. The van der Waals surface area contributed by atoms with Gasteiger partial charge in [0, 0.05) is 23.7 Å². The summed E-state index contributed by atoms with van der Waals surface area (Å²) in [7, 11) is 0. The Hall–Kier alpha value is -1.18. The van der Waals surface area contributed by atoms with Crippen molar-refractivity contribution < 1.29 is 9.59 Å². The van der Waals surface area contributed by atoms with E-state index >= 15 is 0 Å². The van der Waals surface area contributed by atoms with Crippen LogP contribution in [0.2, 0.25) is 0 Å². The molecule has 0 saturated heterocycles. The summed E-state index contributed by atoms with van der Waals surface area (Å²) in [5, 5.41) is 0. The number of carbonyl (C=O) groups excluding carboxylic acids is 2. The molecule has 0 radical (unpaired) electrons. The number of hydrogen-bond acceptors (Lipinski definition) is 2. The fourth-order valence-corrected chi connectivity index (χ4v) is 3.91. The molecule has 0 aromatic heterocycles. The Balaban J connectivity index is 1.94. The Morgan fingerprint density at radius 2 is 1.17 bits per heavy atom. The second-order valence-electron chi connectivity index (χ2n) is 6.21. The molecule has 0 bridgehead atoms. The normalized spacial score (nSPS) is 39.7. The van der Waals surface area contributed by atoms with Crippen LogP contribution in [0, 0.1) is 23.7 Å². The highest BCUT2D eigenvalue weighted by molar-refractivity contribution is 6.00. The van der Waals surface area contributed by atoms with E-state index in [1.54, 1.807) is 0 Å². The summed E-state index contributed by atoms with van der Waals surface area (Å²) < 4.78 is 0. The quantitative estimate of drug-likeness (QED) is 0.614. The molecular formula is C16H20O2. The van der Waals surface area contributed by atoms with Gasteiger partial charge in [-0.15, -0.1) is 0 Å². The van der Waals surface area contributed by atoms with Crippen LogP contribution < -0.4 is 0 Å². The first-order valence-electron chi connectivity index (χ1n) is 6.96. The van der Waals surface area contributed by atoms with Crippen molar-refractivity contribution in [2.75, 3.05) is 0 Å². The predicted molar refractivity (Wildman–Crippen MR) is 70.0 cm³/mol. The van der Waals surface area contributed by atoms with Crippen LogP contribution in [0.15, 0.2) is 23.3 Å². The largest absolute Gasteiger partial charge is 0.299 e. The van der Waals surface area contributed by atoms with Crippen LogP contribution in [0.1, 0.15) is 39.5 Å². The van der Waals surface area contributed by atoms with Gasteiger partial charge in [-0.25, -0.2) is 0 Å². The van der Waals surface area contributed by atoms with Crippen LogP contribution in [-0.2, 0) is 9.59 Å². The van der Waals surface area contributed by atoms with Gasteiger partial charge in [0.05, 0.1) is 0 Å². The topological polar surface area (TPSA) is 34.1 Å². The van der Waals surface area contributed by atoms with Gasteiger partial charge in [0.15, 0.2) is 0 Å². The highest BCUT2D eigenvalue weighted by Gasteiger charge is 2.49. The van der Waals surface area contributed by atoms with E-state index in [1.165, 1.54) is 11.1 Å². The Morgan fingerprint density at radius 3 is 1.56 bits per heavy atom. The molecule has 96 valence electrons. The highest BCUT2D eigenvalue weighted by atomic mass is 16.1. The van der Waals surface area contributed by atoms with Crippen molar-refractivity contribution in [2.45, 2.75) is 39.5 Å². The van der Waals surface area contributed by atoms with E-state index in [9.17, 15) is 9.59 Å². The molecule has 0 aromatic rings. The van der Waals surface area contributed by atoms with E-state index in [0.29, 0.717) is 11.6 Å². The summed E-state index contributed by atoms with van der Waals surface area (Å²) in [6.45, 7) is 4.15. The molecule has 4 unspecified atom stereocenters. The van der Waals surface area contributed by atoms with Crippen molar-refractivity contribution in [3.63, 3.8) is 0 Å². The van der Waals surface area contributed by atoms with Crippen molar-refractivity contribution in [2.24, 2.45) is 23.7 Å². The number of hydrogen-bond donors (Lipinski definition) is 0. The van der Waals surface area contributed by atoms with Crippen molar-refractivity contribution in [3.8, 4) is 0 Å². The number of ketones is 2. The third-order valence-corrected chi connectivity index (χ3v) is 4.96. The minimum absolute atomic E-state index is 0.0180. The maximum atomic E-state index is 12.6. The average molecular weight is 244 g/mol. The summed E-state index contributed by atoms with van der Waals surface area (Å²) in [4.78, 5) is 25.2. The van der Waals surface area contributed by atoms with Gasteiger partial charge in [-0.05, 0) is 39.5 Å². The van der Waals surface area contributed by atoms with Crippen molar-refractivity contribution in [1.29, 1.82) is 0 Å². The van der Waals surface area contributed by atoms with E-state index in [1.807, 2.05) is 0 Å². The zero-order valence-corrected chi connectivity index (χ0v) is 11.1. The molecule has 0 spiro atoms. The molecule has 3 rings (SSSR count). The van der Waals surface area contributed by atoms with Crippen molar-refractivity contribution in [3.05, 3.63) is 23.3 Å². The SMILES string of the molecule is CC1=CCC2C(=O)C3CC(C)=CCC3C(=O)C2C1. The van der Waals surface area contributed by atoms with Crippen LogP contribution in [0.4, 0.5) is 0 Å². The molecule has 4 atom stereocenters. The van der Waals surface area contributed by atoms with E-state index < -0.39 is 0 Å². The molecule has 2 nitrogen and oxygen atoms in total. The lowest BCUT2D eigenvalue weighted by Gasteiger charge is -2.42. The molecule has 0 N–H and O–H groups in total. The average Bonchev–Trinajstić information content (AvgIpc) is 2.36. The number of Topliss-reactive ketones (excluding diaryl/α,β-unsaturated/α-hetero) is 2. The second-order valence-corrected chi connectivity index (χ2v) is 6.21. The van der Waals surface area contributed by atoms with Crippen LogP contribution >= 0.6 is 0 Å². The van der Waals surface area contributed by atoms with Gasteiger partial charge in [0.1, 0.15) is 11.6 Å². The Kier molecular flexibility index (Phi) is 2.76. The smallest absolute Gasteiger partial charge is 0.141 e. The minimum Gasteiger partial charge on any atom is -0.299 e. The first-order valence-corrected chi connectivity index (χ1v) is 6.96. The third kappa shape index (κ3) is 1.70. The first-order chi connectivity index (χ1) is 8.58. The van der Waals surface area contributed by atoms with Gasteiger partial charge in [0.2, 0.25) is 0 Å². The van der Waals surface area contributed by atoms with Gasteiger partial charge in [-0.2, -0.15) is 0 Å². The van der Waals surface area contributed by atoms with Crippen LogP contribution in [0.3, 0.4) is 0 Å². The van der Waals surface area contributed by atoms with E-state index in [0.717, 1.165) is 25.7 Å². The van der Waals surface area contributed by atoms with Gasteiger partial charge in [-0.1, -0.05) is 23.3 Å². The summed E-state index contributed by atoms with van der Waals surface area (Å²) in [5.41, 5.74) is 2.55. The lowest BCUT2D eigenvalue weighted by Crippen LogP contribution is -2.49. The molecule has 0 aromatic carbocycles. The Labute approximate surface area is 108 Å². The third-order valence-electron chi connectivity index (χ3n) is 4.96. The lowest BCUT2D eigenvalue weighted by atomic mass is 9.59. The number of allylic oxidation sites excluding steroid dienone is 4. The summed E-state index contributed by atoms with van der Waals surface area (Å²) in [6, 6.07) is 0. The molecule has 1 fully saturated rings. The Bertz CT molecular complexity index is 425. The highest BCUT2D eigenvalue weighted by Crippen LogP contribution is 2.45. The lowest BCUT2D eigenvalue weighted by molar-refractivity contribution is -0.147. The molecule has 1 saturated carbocycles. The molecule has 0 heterocycles. The van der Waals surface area contributed by atoms with E-state index in [-0.39, 0.29) is 23.7 Å². The summed E-state index contributed by atoms with van der Waals surface area (Å²) >= 11 is 0. The first kappa shape index (κ1) is 11.9. The van der Waals surface area contributed by atoms with Crippen molar-refractivity contribution >= 4 is 11.6 Å². The summed E-state index contributed by atoms with van der Waals surface area (Å²) in [5.74, 6) is 0.648. The van der Waals surface area contributed by atoms with Crippen LogP contribution in [0.25, 0.3) is 0 Å². The minimum atomic E-state index is -0.0200. The Morgan fingerprint density at radius 1 is 0.778 bits per heavy atom. The predicted octanol–water partition coefficient (Wildman–Crippen LogP) is 3.08. The molecule has 0 aliphatic heterocycles. The maximum Gasteiger partial charge on any atom is 0.141 e. The molecule has 3 aliphatic rings. The van der Waals surface area contributed by atoms with Crippen LogP contribution in [0.5, 0.6) is 0 Å². The zero-order chi connectivity index (χ0) is 12.9. The van der Waals surface area contributed by atoms with Crippen molar-refractivity contribution in [1.82, 2.24) is 0 Å². The number of rotatable bonds is 0. The number of fused-ring (bicyclic) bond motifs is 2. The zero-order valence-electron chi connectivity index (χ0n) is 11.1. The second kappa shape index (κ2) is 4.18. The van der Waals surface area contributed by atoms with Gasteiger partial charge >= 0.3 is 0 Å². The molecule has 18 heavy (non-hydrogen) atoms. The van der Waals surface area contributed by atoms with E-state index in [2.05, 4.69) is 26.0 Å². The van der Waals surface area contributed by atoms with E-state index in [4.69, 9.17) is 0 Å². The fourth-order valence-electron chi connectivity index (χ4n) is 3.91. The van der Waals surface area contributed by atoms with Gasteiger partial charge < -0.3 is 0 Å². The standard InChI is InChI=1S/C16H20O2/c1-9-3-5-11-13(7-9)15(17)12-6-4-10(2)8-14(12)16(11)18/h3-4,11-14H,5-8H2,1-2H3. The van der Waals surface area contributed by atoms with Gasteiger partial charge in [0.25, 0.3) is 0 Å². The number of carbonyl (C=O) groups is 2. The van der Waals surface area contributed by atoms with Crippen LogP contribution in [-0.4, -0.2) is 11.6 Å². The molecule has 0 amide bonds.